The van der Waals surface area contributed by atoms with E-state index in [0.29, 0.717) is 18.1 Å². The van der Waals surface area contributed by atoms with E-state index in [9.17, 15) is 14.4 Å². The molecule has 192 valence electrons. The van der Waals surface area contributed by atoms with E-state index in [0.717, 1.165) is 38.1 Å². The van der Waals surface area contributed by atoms with Crippen molar-refractivity contribution in [2.45, 2.75) is 27.0 Å². The summed E-state index contributed by atoms with van der Waals surface area (Å²) >= 11 is 0. The molecule has 0 atom stereocenters. The van der Waals surface area contributed by atoms with E-state index >= 15 is 0 Å². The fourth-order valence-corrected chi connectivity index (χ4v) is 3.96. The summed E-state index contributed by atoms with van der Waals surface area (Å²) in [5.74, 6) is 0.339. The number of amides is 1. The Balaban J connectivity index is 0.00000400. The first-order valence-electron chi connectivity index (χ1n) is 11.7. The number of aromatic nitrogens is 2. The van der Waals surface area contributed by atoms with Crippen LogP contribution in [0, 0.1) is 13.8 Å². The minimum Gasteiger partial charge on any atom is -0.489 e. The van der Waals surface area contributed by atoms with Gasteiger partial charge in [0.15, 0.2) is 12.3 Å². The van der Waals surface area contributed by atoms with E-state index in [4.69, 9.17) is 14.0 Å². The van der Waals surface area contributed by atoms with Crippen LogP contribution in [0.5, 0.6) is 11.5 Å². The number of ether oxygens (including phenoxy) is 2. The molecule has 1 amide bonds. The van der Waals surface area contributed by atoms with Crippen molar-refractivity contribution in [1.82, 2.24) is 14.6 Å². The molecule has 0 aliphatic rings. The van der Waals surface area contributed by atoms with Gasteiger partial charge >= 0.3 is 35.3 Å². The maximum absolute atomic E-state index is 11.8. The standard InChI is InChI=1S/C28H29N3O6.Na/c1-18-12-24(36-17-25(32)30(3)4)13-19(2)26(18)22-7-5-6-21(14-22)16-35-23-10-8-20(9-11-23)15-31-27(33)29-28(34)37-31;/h5-14H,15-17H2,1-4H3,(H,29,33,34);/q;+1/p-1. The Labute approximate surface area is 242 Å². The first-order valence-corrected chi connectivity index (χ1v) is 11.7. The number of likely N-dealkylation sites (N-methyl/N-ethyl adjacent to an activating group) is 1. The summed E-state index contributed by atoms with van der Waals surface area (Å²) < 4.78 is 17.3. The molecule has 0 unspecified atom stereocenters. The molecule has 0 saturated carbocycles. The van der Waals surface area contributed by atoms with Crippen LogP contribution in [0.3, 0.4) is 0 Å². The minimum absolute atomic E-state index is 0. The van der Waals surface area contributed by atoms with Crippen molar-refractivity contribution in [1.29, 1.82) is 0 Å². The fraction of sp³-hybridized carbons (Fsp3) is 0.250. The number of hydrogen-bond donors (Lipinski definition) is 0. The fourth-order valence-electron chi connectivity index (χ4n) is 3.96. The zero-order valence-electron chi connectivity index (χ0n) is 22.2. The molecule has 4 aromatic rings. The second kappa shape index (κ2) is 12.8. The molecule has 1 heterocycles. The zero-order chi connectivity index (χ0) is 26.5. The van der Waals surface area contributed by atoms with Gasteiger partial charge in [-0.15, -0.1) is 0 Å². The average molecular weight is 526 g/mol. The molecular formula is C28H28N3NaO6. The Kier molecular flexibility index (Phi) is 9.79. The summed E-state index contributed by atoms with van der Waals surface area (Å²) in [5, 5.41) is 0. The van der Waals surface area contributed by atoms with Crippen molar-refractivity contribution in [2.75, 3.05) is 20.7 Å². The van der Waals surface area contributed by atoms with Crippen LogP contribution in [0.1, 0.15) is 22.3 Å². The molecule has 0 saturated heterocycles. The Morgan fingerprint density at radius 3 is 2.21 bits per heavy atom. The second-order valence-electron chi connectivity index (χ2n) is 8.93. The Morgan fingerprint density at radius 2 is 1.61 bits per heavy atom. The van der Waals surface area contributed by atoms with E-state index in [1.807, 2.05) is 38.1 Å². The van der Waals surface area contributed by atoms with Crippen molar-refractivity contribution in [3.8, 4) is 22.6 Å². The molecule has 38 heavy (non-hydrogen) atoms. The van der Waals surface area contributed by atoms with Gasteiger partial charge in [0, 0.05) is 20.6 Å². The van der Waals surface area contributed by atoms with Crippen LogP contribution in [0.2, 0.25) is 0 Å². The number of nitrogens with zero attached hydrogens (tertiary/aromatic N) is 3. The summed E-state index contributed by atoms with van der Waals surface area (Å²) in [7, 11) is 3.40. The van der Waals surface area contributed by atoms with Crippen LogP contribution >= 0.6 is 0 Å². The van der Waals surface area contributed by atoms with Gasteiger partial charge in [-0.2, -0.15) is 0 Å². The molecule has 0 radical (unpaired) electrons. The Hall–Kier alpha value is -3.53. The third-order valence-electron chi connectivity index (χ3n) is 5.83. The zero-order valence-corrected chi connectivity index (χ0v) is 24.2. The van der Waals surface area contributed by atoms with Gasteiger partial charge in [-0.3, -0.25) is 14.3 Å². The number of rotatable bonds is 9. The van der Waals surface area contributed by atoms with E-state index in [1.54, 1.807) is 38.4 Å². The average Bonchev–Trinajstić information content (AvgIpc) is 3.18. The van der Waals surface area contributed by atoms with Crippen molar-refractivity contribution in [3.63, 3.8) is 0 Å². The molecule has 0 aliphatic carbocycles. The molecule has 0 aliphatic heterocycles. The van der Waals surface area contributed by atoms with Gasteiger partial charge in [-0.1, -0.05) is 30.3 Å². The summed E-state index contributed by atoms with van der Waals surface area (Å²) in [4.78, 5) is 39.2. The Bertz CT molecular complexity index is 1500. The monoisotopic (exact) mass is 525 g/mol. The SMILES string of the molecule is Cc1cc(OCC(=O)N(C)C)cc(C)c1-c1cccc(COc2ccc(Cn3oc(=O)[n-]c3=O)cc2)c1.[Na+]. The van der Waals surface area contributed by atoms with E-state index in [2.05, 4.69) is 17.1 Å². The van der Waals surface area contributed by atoms with Crippen molar-refractivity contribution < 1.29 is 48.3 Å². The summed E-state index contributed by atoms with van der Waals surface area (Å²) in [6, 6.07) is 19.2. The molecule has 3 aromatic carbocycles. The van der Waals surface area contributed by atoms with Crippen LogP contribution in [0.15, 0.2) is 74.8 Å². The van der Waals surface area contributed by atoms with Crippen molar-refractivity contribution in [3.05, 3.63) is 104 Å². The van der Waals surface area contributed by atoms with Crippen LogP contribution in [0.4, 0.5) is 0 Å². The van der Waals surface area contributed by atoms with Crippen LogP contribution in [0.25, 0.3) is 11.1 Å². The molecule has 0 bridgehead atoms. The van der Waals surface area contributed by atoms with Crippen LogP contribution < -0.4 is 55.5 Å². The minimum atomic E-state index is -0.904. The number of hydrogen-bond acceptors (Lipinski definition) is 6. The predicted octanol–water partition coefficient (Wildman–Crippen LogP) is 0.141. The molecule has 1 aromatic heterocycles. The maximum atomic E-state index is 11.8. The van der Waals surface area contributed by atoms with Gasteiger partial charge in [-0.05, 0) is 77.6 Å². The van der Waals surface area contributed by atoms with Crippen molar-refractivity contribution >= 4 is 5.91 Å². The predicted molar refractivity (Wildman–Crippen MR) is 138 cm³/mol. The molecule has 9 nitrogen and oxygen atoms in total. The molecule has 0 fully saturated rings. The summed E-state index contributed by atoms with van der Waals surface area (Å²) in [6.45, 7) is 4.54. The topological polar surface area (TPSA) is 105 Å². The van der Waals surface area contributed by atoms with Crippen LogP contribution in [-0.4, -0.2) is 36.2 Å². The number of aryl methyl sites for hydroxylation is 2. The molecule has 0 N–H and O–H groups in total. The van der Waals surface area contributed by atoms with E-state index < -0.39 is 11.4 Å². The van der Waals surface area contributed by atoms with Gasteiger partial charge in [0.25, 0.3) is 5.91 Å². The van der Waals surface area contributed by atoms with E-state index in [1.165, 1.54) is 4.90 Å². The molecule has 0 spiro atoms. The van der Waals surface area contributed by atoms with Gasteiger partial charge in [0.2, 0.25) is 0 Å². The third kappa shape index (κ3) is 7.28. The van der Waals surface area contributed by atoms with Gasteiger partial charge < -0.3 is 23.9 Å². The smallest absolute Gasteiger partial charge is 0.489 e. The van der Waals surface area contributed by atoms with Crippen LogP contribution in [-0.2, 0) is 17.9 Å². The van der Waals surface area contributed by atoms with Crippen molar-refractivity contribution in [2.24, 2.45) is 0 Å². The largest absolute Gasteiger partial charge is 1.00 e. The summed E-state index contributed by atoms with van der Waals surface area (Å²) in [6.07, 6.45) is 0. The van der Waals surface area contributed by atoms with Gasteiger partial charge in [0.1, 0.15) is 18.1 Å². The van der Waals surface area contributed by atoms with E-state index in [-0.39, 0.29) is 48.6 Å². The van der Waals surface area contributed by atoms with Gasteiger partial charge in [-0.25, -0.2) is 4.79 Å². The number of carbonyl (C=O) groups is 1. The normalized spacial score (nSPS) is 10.5. The molecular weight excluding hydrogens is 497 g/mol. The summed E-state index contributed by atoms with van der Waals surface area (Å²) in [5.41, 5.74) is 5.36. The Morgan fingerprint density at radius 1 is 0.921 bits per heavy atom. The maximum Gasteiger partial charge on any atom is 1.00 e. The second-order valence-corrected chi connectivity index (χ2v) is 8.93. The quantitative estimate of drug-likeness (QED) is 0.286. The number of carbonyl (C=O) groups excluding carboxylic acids is 1. The first-order chi connectivity index (χ1) is 17.7. The molecule has 10 heteroatoms. The third-order valence-corrected chi connectivity index (χ3v) is 5.83. The van der Waals surface area contributed by atoms with Gasteiger partial charge in [0.05, 0.1) is 0 Å². The molecule has 4 rings (SSSR count). The number of benzene rings is 3. The first kappa shape index (κ1) is 29.0.